The molecule has 120 valence electrons. The van der Waals surface area contributed by atoms with E-state index in [1.54, 1.807) is 12.1 Å². The average molecular weight is 311 g/mol. The Morgan fingerprint density at radius 2 is 1.74 bits per heavy atom. The third-order valence-electron chi connectivity index (χ3n) is 3.37. The zero-order valence-corrected chi connectivity index (χ0v) is 13.3. The van der Waals surface area contributed by atoms with Crippen LogP contribution in [0.25, 0.3) is 0 Å². The minimum absolute atomic E-state index is 0.0850. The van der Waals surface area contributed by atoms with Crippen LogP contribution in [0.5, 0.6) is 0 Å². The largest absolute Gasteiger partial charge is 0.376 e. The van der Waals surface area contributed by atoms with Crippen LogP contribution in [0.2, 0.25) is 0 Å². The molecule has 3 N–H and O–H groups in total. The molecule has 23 heavy (non-hydrogen) atoms. The minimum Gasteiger partial charge on any atom is -0.376 e. The third kappa shape index (κ3) is 5.47. The Morgan fingerprint density at radius 1 is 1.00 bits per heavy atom. The van der Waals surface area contributed by atoms with Crippen LogP contribution in [0.4, 0.5) is 11.4 Å². The quantitative estimate of drug-likeness (QED) is 0.768. The molecule has 0 aliphatic carbocycles. The Morgan fingerprint density at radius 3 is 2.48 bits per heavy atom. The van der Waals surface area contributed by atoms with Crippen LogP contribution in [0, 0.1) is 6.92 Å². The molecule has 0 spiro atoms. The van der Waals surface area contributed by atoms with Gasteiger partial charge in [-0.25, -0.2) is 0 Å². The van der Waals surface area contributed by atoms with E-state index in [1.807, 2.05) is 43.3 Å². The van der Waals surface area contributed by atoms with Gasteiger partial charge in [0.25, 0.3) is 0 Å². The van der Waals surface area contributed by atoms with Gasteiger partial charge < -0.3 is 16.0 Å². The first-order valence-corrected chi connectivity index (χ1v) is 7.47. The molecular weight excluding hydrogens is 290 g/mol. The molecule has 0 radical (unpaired) electrons. The molecule has 0 aromatic heterocycles. The highest BCUT2D eigenvalue weighted by Crippen LogP contribution is 2.14. The zero-order valence-electron chi connectivity index (χ0n) is 13.3. The zero-order chi connectivity index (χ0) is 16.7. The fourth-order valence-electron chi connectivity index (χ4n) is 2.16. The Hall–Kier alpha value is -2.82. The molecule has 0 saturated heterocycles. The van der Waals surface area contributed by atoms with Crippen molar-refractivity contribution in [2.24, 2.45) is 0 Å². The number of aryl methyl sites for hydroxylation is 1. The van der Waals surface area contributed by atoms with Crippen LogP contribution in [-0.2, 0) is 16.1 Å². The van der Waals surface area contributed by atoms with E-state index in [0.29, 0.717) is 12.2 Å². The first kappa shape index (κ1) is 16.5. The number of benzene rings is 2. The molecule has 0 fully saturated rings. The van der Waals surface area contributed by atoms with Crippen molar-refractivity contribution >= 4 is 23.2 Å². The maximum absolute atomic E-state index is 11.9. The lowest BCUT2D eigenvalue weighted by Crippen LogP contribution is -2.29. The van der Waals surface area contributed by atoms with Crippen molar-refractivity contribution in [1.82, 2.24) is 5.32 Å². The van der Waals surface area contributed by atoms with E-state index >= 15 is 0 Å². The Bertz CT molecular complexity index is 698. The Kier molecular flexibility index (Phi) is 5.74. The highest BCUT2D eigenvalue weighted by Gasteiger charge is 2.03. The molecule has 0 aliphatic rings. The molecule has 2 aromatic rings. The van der Waals surface area contributed by atoms with E-state index in [4.69, 9.17) is 0 Å². The summed E-state index contributed by atoms with van der Waals surface area (Å²) in [5.74, 6) is -0.212. The summed E-state index contributed by atoms with van der Waals surface area (Å²) < 4.78 is 0. The van der Waals surface area contributed by atoms with Gasteiger partial charge in [0.15, 0.2) is 0 Å². The summed E-state index contributed by atoms with van der Waals surface area (Å²) in [5, 5.41) is 8.64. The molecule has 0 saturated carbocycles. The van der Waals surface area contributed by atoms with Crippen molar-refractivity contribution in [1.29, 1.82) is 0 Å². The molecular formula is C18H21N3O2. The fraction of sp³-hybridized carbons (Fsp3) is 0.222. The predicted octanol–water partition coefficient (Wildman–Crippen LogP) is 2.68. The van der Waals surface area contributed by atoms with E-state index in [9.17, 15) is 9.59 Å². The van der Waals surface area contributed by atoms with Gasteiger partial charge in [-0.15, -0.1) is 0 Å². The summed E-state index contributed by atoms with van der Waals surface area (Å²) in [6.45, 7) is 4.17. The number of carbonyl (C=O) groups is 2. The number of hydrogen-bond acceptors (Lipinski definition) is 3. The Labute approximate surface area is 136 Å². The summed E-state index contributed by atoms with van der Waals surface area (Å²) in [6.07, 6.45) is 0. The lowest BCUT2D eigenvalue weighted by atomic mass is 10.1. The van der Waals surface area contributed by atoms with Gasteiger partial charge in [-0.2, -0.15) is 0 Å². The van der Waals surface area contributed by atoms with Crippen molar-refractivity contribution < 1.29 is 9.59 Å². The van der Waals surface area contributed by atoms with Crippen LogP contribution in [0.1, 0.15) is 18.1 Å². The topological polar surface area (TPSA) is 70.2 Å². The van der Waals surface area contributed by atoms with Crippen LogP contribution < -0.4 is 16.0 Å². The van der Waals surface area contributed by atoms with Crippen LogP contribution in [0.15, 0.2) is 48.5 Å². The second kappa shape index (κ2) is 7.98. The average Bonchev–Trinajstić information content (AvgIpc) is 2.52. The van der Waals surface area contributed by atoms with Crippen molar-refractivity contribution in [3.63, 3.8) is 0 Å². The number of anilines is 2. The highest BCUT2D eigenvalue weighted by molar-refractivity contribution is 5.89. The van der Waals surface area contributed by atoms with Gasteiger partial charge in [-0.05, 0) is 36.2 Å². The van der Waals surface area contributed by atoms with Gasteiger partial charge in [0.2, 0.25) is 11.8 Å². The van der Waals surface area contributed by atoms with Gasteiger partial charge in [0.1, 0.15) is 0 Å². The van der Waals surface area contributed by atoms with Crippen molar-refractivity contribution in [3.8, 4) is 0 Å². The fourth-order valence-corrected chi connectivity index (χ4v) is 2.16. The molecule has 0 heterocycles. The first-order chi connectivity index (χ1) is 11.0. The summed E-state index contributed by atoms with van der Waals surface area (Å²) >= 11 is 0. The van der Waals surface area contributed by atoms with Gasteiger partial charge in [-0.3, -0.25) is 9.59 Å². The normalized spacial score (nSPS) is 10.0. The monoisotopic (exact) mass is 311 g/mol. The van der Waals surface area contributed by atoms with Crippen molar-refractivity contribution in [2.75, 3.05) is 17.2 Å². The molecule has 5 heteroatoms. The number of nitrogens with one attached hydrogen (secondary N) is 3. The number of carbonyl (C=O) groups excluding carboxylic acids is 2. The number of rotatable bonds is 6. The molecule has 2 amide bonds. The standard InChI is InChI=1S/C18H21N3O2/c1-13-6-3-4-7-15(13)11-20-18(23)12-19-16-8-5-9-17(10-16)21-14(2)22/h3-10,19H,11-12H2,1-2H3,(H,20,23)(H,21,22). The van der Waals surface area contributed by atoms with Gasteiger partial charge in [0.05, 0.1) is 6.54 Å². The summed E-state index contributed by atoms with van der Waals surface area (Å²) in [4.78, 5) is 23.0. The highest BCUT2D eigenvalue weighted by atomic mass is 16.2. The van der Waals surface area contributed by atoms with Crippen LogP contribution in [0.3, 0.4) is 0 Å². The predicted molar refractivity (Wildman–Crippen MR) is 92.3 cm³/mol. The SMILES string of the molecule is CC(=O)Nc1cccc(NCC(=O)NCc2ccccc2C)c1. The molecule has 0 unspecified atom stereocenters. The van der Waals surface area contributed by atoms with Crippen LogP contribution in [-0.4, -0.2) is 18.4 Å². The molecule has 0 bridgehead atoms. The second-order valence-corrected chi connectivity index (χ2v) is 5.32. The minimum atomic E-state index is -0.127. The van der Waals surface area contributed by atoms with E-state index < -0.39 is 0 Å². The van der Waals surface area contributed by atoms with E-state index in [-0.39, 0.29) is 18.4 Å². The molecule has 0 aliphatic heterocycles. The van der Waals surface area contributed by atoms with Crippen LogP contribution >= 0.6 is 0 Å². The molecule has 5 nitrogen and oxygen atoms in total. The van der Waals surface area contributed by atoms with Gasteiger partial charge in [0, 0.05) is 24.8 Å². The van der Waals surface area contributed by atoms with Gasteiger partial charge in [-0.1, -0.05) is 30.3 Å². The molecule has 0 atom stereocenters. The van der Waals surface area contributed by atoms with Gasteiger partial charge >= 0.3 is 0 Å². The molecule has 2 rings (SSSR count). The smallest absolute Gasteiger partial charge is 0.239 e. The lowest BCUT2D eigenvalue weighted by molar-refractivity contribution is -0.119. The summed E-state index contributed by atoms with van der Waals surface area (Å²) in [7, 11) is 0. The van der Waals surface area contributed by atoms with E-state index in [0.717, 1.165) is 16.8 Å². The summed E-state index contributed by atoms with van der Waals surface area (Å²) in [6, 6.07) is 15.2. The van der Waals surface area contributed by atoms with Crippen molar-refractivity contribution in [3.05, 3.63) is 59.7 Å². The molecule has 2 aromatic carbocycles. The lowest BCUT2D eigenvalue weighted by Gasteiger charge is -2.10. The maximum atomic E-state index is 11.9. The summed E-state index contributed by atoms with van der Waals surface area (Å²) in [5.41, 5.74) is 3.74. The van der Waals surface area contributed by atoms with E-state index in [1.165, 1.54) is 6.92 Å². The third-order valence-corrected chi connectivity index (χ3v) is 3.37. The van der Waals surface area contributed by atoms with E-state index in [2.05, 4.69) is 16.0 Å². The Balaban J connectivity index is 1.82. The first-order valence-electron chi connectivity index (χ1n) is 7.47. The number of hydrogen-bond donors (Lipinski definition) is 3. The number of amides is 2. The maximum Gasteiger partial charge on any atom is 0.239 e. The second-order valence-electron chi connectivity index (χ2n) is 5.32. The van der Waals surface area contributed by atoms with Crippen molar-refractivity contribution in [2.45, 2.75) is 20.4 Å².